The number of carbonyl (C=O) groups is 1. The summed E-state index contributed by atoms with van der Waals surface area (Å²) in [6, 6.07) is 5.22. The summed E-state index contributed by atoms with van der Waals surface area (Å²) in [7, 11) is 0. The summed E-state index contributed by atoms with van der Waals surface area (Å²) in [6.45, 7) is 2.81. The van der Waals surface area contributed by atoms with Gasteiger partial charge in [-0.25, -0.2) is 0 Å². The van der Waals surface area contributed by atoms with Gasteiger partial charge in [-0.3, -0.25) is 4.79 Å². The predicted octanol–water partition coefficient (Wildman–Crippen LogP) is 1.76. The minimum Gasteiger partial charge on any atom is -0.351 e. The molecule has 0 spiro atoms. The Hall–Kier alpha value is -0.770. The van der Waals surface area contributed by atoms with E-state index in [1.165, 1.54) is 0 Å². The third kappa shape index (κ3) is 4.08. The van der Waals surface area contributed by atoms with Crippen LogP contribution in [0.4, 0.5) is 0 Å². The van der Waals surface area contributed by atoms with E-state index in [0.29, 0.717) is 23.7 Å². The molecule has 0 radical (unpaired) electrons. The molecule has 0 atom stereocenters. The monoisotopic (exact) mass is 248 g/mol. The Morgan fingerprint density at radius 2 is 2.20 bits per heavy atom. The molecule has 0 heterocycles. The minimum absolute atomic E-state index is 0. The normalized spacial score (nSPS) is 9.27. The highest BCUT2D eigenvalue weighted by atomic mass is 35.5. The zero-order chi connectivity index (χ0) is 10.6. The highest BCUT2D eigenvalue weighted by molar-refractivity contribution is 6.31. The summed E-state index contributed by atoms with van der Waals surface area (Å²) in [5.41, 5.74) is 6.79. The topological polar surface area (TPSA) is 55.1 Å². The lowest BCUT2D eigenvalue weighted by Gasteiger charge is -2.04. The van der Waals surface area contributed by atoms with Crippen molar-refractivity contribution in [2.24, 2.45) is 5.73 Å². The van der Waals surface area contributed by atoms with Crippen LogP contribution in [0.2, 0.25) is 5.02 Å². The Bertz CT molecular complexity index is 342. The van der Waals surface area contributed by atoms with Crippen LogP contribution in [0.5, 0.6) is 0 Å². The summed E-state index contributed by atoms with van der Waals surface area (Å²) in [6.07, 6.45) is 0. The van der Waals surface area contributed by atoms with Crippen molar-refractivity contribution in [3.8, 4) is 0 Å². The second kappa shape index (κ2) is 6.67. The maximum Gasteiger partial charge on any atom is 0.251 e. The van der Waals surface area contributed by atoms with Crippen LogP contribution in [0.15, 0.2) is 18.2 Å². The van der Waals surface area contributed by atoms with Crippen LogP contribution in [-0.4, -0.2) is 19.0 Å². The third-order valence-electron chi connectivity index (χ3n) is 1.86. The number of amides is 1. The first-order valence-electron chi connectivity index (χ1n) is 4.39. The van der Waals surface area contributed by atoms with Crippen LogP contribution in [0.1, 0.15) is 15.9 Å². The van der Waals surface area contributed by atoms with Gasteiger partial charge in [0.05, 0.1) is 0 Å². The Kier molecular flexibility index (Phi) is 6.32. The summed E-state index contributed by atoms with van der Waals surface area (Å²) in [4.78, 5) is 11.4. The zero-order valence-corrected chi connectivity index (χ0v) is 9.99. The maximum absolute atomic E-state index is 11.4. The number of nitrogens with one attached hydrogen (secondary N) is 1. The van der Waals surface area contributed by atoms with Crippen molar-refractivity contribution in [1.29, 1.82) is 0 Å². The van der Waals surface area contributed by atoms with E-state index < -0.39 is 0 Å². The van der Waals surface area contributed by atoms with Gasteiger partial charge < -0.3 is 11.1 Å². The quantitative estimate of drug-likeness (QED) is 0.857. The average molecular weight is 249 g/mol. The largest absolute Gasteiger partial charge is 0.351 e. The first-order valence-corrected chi connectivity index (χ1v) is 4.77. The third-order valence-corrected chi connectivity index (χ3v) is 2.27. The van der Waals surface area contributed by atoms with Crippen LogP contribution in [0, 0.1) is 6.92 Å². The standard InChI is InChI=1S/C10H13ClN2O.ClH/c1-7-2-3-8(6-9(7)11)10(14)13-5-4-12;/h2-3,6H,4-5,12H2,1H3,(H,13,14);1H. The Morgan fingerprint density at radius 1 is 1.53 bits per heavy atom. The molecule has 1 aromatic carbocycles. The second-order valence-corrected chi connectivity index (χ2v) is 3.42. The van der Waals surface area contributed by atoms with Crippen molar-refractivity contribution >= 4 is 29.9 Å². The Morgan fingerprint density at radius 3 is 2.73 bits per heavy atom. The molecule has 1 rings (SSSR count). The fourth-order valence-corrected chi connectivity index (χ4v) is 1.20. The smallest absolute Gasteiger partial charge is 0.251 e. The second-order valence-electron chi connectivity index (χ2n) is 3.01. The first-order chi connectivity index (χ1) is 6.65. The van der Waals surface area contributed by atoms with Gasteiger partial charge in [0, 0.05) is 23.7 Å². The van der Waals surface area contributed by atoms with Crippen LogP contribution in [0.3, 0.4) is 0 Å². The SMILES string of the molecule is Cc1ccc(C(=O)NCCN)cc1Cl.Cl. The molecule has 0 unspecified atom stereocenters. The van der Waals surface area contributed by atoms with E-state index in [0.717, 1.165) is 5.56 Å². The number of rotatable bonds is 3. The van der Waals surface area contributed by atoms with Crippen molar-refractivity contribution in [1.82, 2.24) is 5.32 Å². The lowest BCUT2D eigenvalue weighted by molar-refractivity contribution is 0.0955. The van der Waals surface area contributed by atoms with E-state index in [1.807, 2.05) is 13.0 Å². The molecule has 1 aromatic rings. The highest BCUT2D eigenvalue weighted by Crippen LogP contribution is 2.16. The molecule has 0 aliphatic heterocycles. The molecule has 84 valence electrons. The van der Waals surface area contributed by atoms with Gasteiger partial charge in [0.2, 0.25) is 0 Å². The molecule has 0 aliphatic carbocycles. The molecule has 1 amide bonds. The van der Waals surface area contributed by atoms with Gasteiger partial charge in [-0.15, -0.1) is 12.4 Å². The number of carbonyl (C=O) groups excluding carboxylic acids is 1. The summed E-state index contributed by atoms with van der Waals surface area (Å²) >= 11 is 5.89. The van der Waals surface area contributed by atoms with E-state index >= 15 is 0 Å². The molecule has 0 aromatic heterocycles. The van der Waals surface area contributed by atoms with Gasteiger partial charge in [0.1, 0.15) is 0 Å². The van der Waals surface area contributed by atoms with Gasteiger partial charge in [0.25, 0.3) is 5.91 Å². The number of halogens is 2. The molecule has 5 heteroatoms. The van der Waals surface area contributed by atoms with Crippen molar-refractivity contribution in [3.63, 3.8) is 0 Å². The van der Waals surface area contributed by atoms with Gasteiger partial charge in [0.15, 0.2) is 0 Å². The van der Waals surface area contributed by atoms with Gasteiger partial charge in [-0.2, -0.15) is 0 Å². The molecule has 0 bridgehead atoms. The number of benzene rings is 1. The maximum atomic E-state index is 11.4. The summed E-state index contributed by atoms with van der Waals surface area (Å²) in [5.74, 6) is -0.141. The van der Waals surface area contributed by atoms with Gasteiger partial charge >= 0.3 is 0 Å². The van der Waals surface area contributed by atoms with Crippen LogP contribution in [0.25, 0.3) is 0 Å². The molecule has 0 saturated carbocycles. The van der Waals surface area contributed by atoms with Crippen molar-refractivity contribution in [2.75, 3.05) is 13.1 Å². The van der Waals surface area contributed by atoms with Crippen molar-refractivity contribution in [3.05, 3.63) is 34.3 Å². The molecule has 15 heavy (non-hydrogen) atoms. The molecular formula is C10H14Cl2N2O. The van der Waals surface area contributed by atoms with Gasteiger partial charge in [-0.05, 0) is 24.6 Å². The van der Waals surface area contributed by atoms with Gasteiger partial charge in [-0.1, -0.05) is 17.7 Å². The first kappa shape index (κ1) is 14.2. The number of hydrogen-bond donors (Lipinski definition) is 2. The number of hydrogen-bond acceptors (Lipinski definition) is 2. The molecule has 3 N–H and O–H groups in total. The zero-order valence-electron chi connectivity index (χ0n) is 8.42. The Balaban J connectivity index is 0.00000196. The highest BCUT2D eigenvalue weighted by Gasteiger charge is 2.05. The van der Waals surface area contributed by atoms with Crippen molar-refractivity contribution in [2.45, 2.75) is 6.92 Å². The lowest BCUT2D eigenvalue weighted by Crippen LogP contribution is -2.28. The molecule has 0 saturated heterocycles. The molecule has 0 aliphatic rings. The minimum atomic E-state index is -0.141. The predicted molar refractivity (Wildman–Crippen MR) is 64.8 cm³/mol. The fourth-order valence-electron chi connectivity index (χ4n) is 1.02. The number of nitrogens with two attached hydrogens (primary N) is 1. The van der Waals surface area contributed by atoms with E-state index in [9.17, 15) is 4.79 Å². The summed E-state index contributed by atoms with van der Waals surface area (Å²) < 4.78 is 0. The molecule has 3 nitrogen and oxygen atoms in total. The Labute approximate surface area is 100 Å². The van der Waals surface area contributed by atoms with Crippen LogP contribution >= 0.6 is 24.0 Å². The van der Waals surface area contributed by atoms with Crippen LogP contribution < -0.4 is 11.1 Å². The summed E-state index contributed by atoms with van der Waals surface area (Å²) in [5, 5.41) is 3.27. The fraction of sp³-hybridized carbons (Fsp3) is 0.300. The number of aryl methyl sites for hydroxylation is 1. The van der Waals surface area contributed by atoms with Crippen molar-refractivity contribution < 1.29 is 4.79 Å². The van der Waals surface area contributed by atoms with E-state index in [2.05, 4.69) is 5.32 Å². The molecular weight excluding hydrogens is 235 g/mol. The van der Waals surface area contributed by atoms with Crippen LogP contribution in [-0.2, 0) is 0 Å². The average Bonchev–Trinajstić information content (AvgIpc) is 2.18. The molecule has 0 fully saturated rings. The lowest BCUT2D eigenvalue weighted by atomic mass is 10.1. The van der Waals surface area contributed by atoms with E-state index in [-0.39, 0.29) is 18.3 Å². The van der Waals surface area contributed by atoms with E-state index in [1.54, 1.807) is 12.1 Å². The van der Waals surface area contributed by atoms with E-state index in [4.69, 9.17) is 17.3 Å².